The summed E-state index contributed by atoms with van der Waals surface area (Å²) in [6, 6.07) is 6.22. The van der Waals surface area contributed by atoms with Gasteiger partial charge >= 0.3 is 0 Å². The predicted octanol–water partition coefficient (Wildman–Crippen LogP) is 3.43. The lowest BCUT2D eigenvalue weighted by Crippen LogP contribution is -2.21. The van der Waals surface area contributed by atoms with Gasteiger partial charge in [-0.1, -0.05) is 48.8 Å². The molecule has 0 aromatic heterocycles. The fraction of sp³-hybridized carbons (Fsp3) is 0.571. The minimum absolute atomic E-state index is 0.0440. The molecule has 1 unspecified atom stereocenters. The van der Waals surface area contributed by atoms with Crippen molar-refractivity contribution in [2.24, 2.45) is 0 Å². The summed E-state index contributed by atoms with van der Waals surface area (Å²) in [6.07, 6.45) is -0.469. The molecule has 0 aliphatic heterocycles. The first kappa shape index (κ1) is 14.5. The number of alkyl halides is 1. The van der Waals surface area contributed by atoms with Gasteiger partial charge in [-0.25, -0.2) is 0 Å². The van der Waals surface area contributed by atoms with Gasteiger partial charge in [-0.15, -0.1) is 0 Å². The molecule has 0 fully saturated rings. The van der Waals surface area contributed by atoms with E-state index in [0.717, 1.165) is 5.75 Å². The Bertz CT molecular complexity index is 369. The molecule has 1 rings (SSSR count). The van der Waals surface area contributed by atoms with E-state index in [4.69, 9.17) is 4.74 Å². The van der Waals surface area contributed by atoms with Crippen LogP contribution in [0, 0.1) is 6.92 Å². The topological polar surface area (TPSA) is 29.5 Å². The van der Waals surface area contributed by atoms with Crippen LogP contribution in [0.25, 0.3) is 0 Å². The molecule has 1 atom stereocenters. The number of hydrogen-bond acceptors (Lipinski definition) is 2. The maximum absolute atomic E-state index is 9.51. The molecule has 0 radical (unpaired) electrons. The smallest absolute Gasteiger partial charge is 0.123 e. The number of benzene rings is 1. The van der Waals surface area contributed by atoms with Crippen molar-refractivity contribution < 1.29 is 9.84 Å². The first-order valence-electron chi connectivity index (χ1n) is 5.82. The molecule has 0 heterocycles. The van der Waals surface area contributed by atoms with E-state index in [1.807, 2.05) is 13.0 Å². The van der Waals surface area contributed by atoms with Crippen molar-refractivity contribution in [1.29, 1.82) is 0 Å². The highest BCUT2D eigenvalue weighted by atomic mass is 79.9. The molecular weight excluding hydrogens is 280 g/mol. The molecule has 0 aliphatic rings. The third kappa shape index (κ3) is 4.32. The molecule has 0 bridgehead atoms. The summed E-state index contributed by atoms with van der Waals surface area (Å²) in [5.74, 6) is 0.873. The van der Waals surface area contributed by atoms with E-state index in [-0.39, 0.29) is 5.41 Å². The molecule has 1 N–H and O–H groups in total. The van der Waals surface area contributed by atoms with Gasteiger partial charge in [-0.05, 0) is 29.5 Å². The normalized spacial score (nSPS) is 13.5. The Morgan fingerprint density at radius 1 is 1.35 bits per heavy atom. The lowest BCUT2D eigenvalue weighted by Gasteiger charge is -2.23. The average molecular weight is 301 g/mol. The molecule has 0 amide bonds. The van der Waals surface area contributed by atoms with E-state index in [0.29, 0.717) is 11.9 Å². The van der Waals surface area contributed by atoms with Gasteiger partial charge < -0.3 is 9.84 Å². The minimum Gasteiger partial charge on any atom is -0.491 e. The minimum atomic E-state index is -0.469. The fourth-order valence-corrected chi connectivity index (χ4v) is 1.79. The molecule has 0 saturated carbocycles. The number of ether oxygens (including phenoxy) is 1. The van der Waals surface area contributed by atoms with E-state index in [1.165, 1.54) is 11.1 Å². The lowest BCUT2D eigenvalue weighted by atomic mass is 9.86. The van der Waals surface area contributed by atoms with Gasteiger partial charge in [-0.3, -0.25) is 0 Å². The Labute approximate surface area is 112 Å². The van der Waals surface area contributed by atoms with Gasteiger partial charge in [0.15, 0.2) is 0 Å². The molecule has 0 saturated heterocycles. The van der Waals surface area contributed by atoms with E-state index in [9.17, 15) is 5.11 Å². The Balaban J connectivity index is 2.92. The largest absolute Gasteiger partial charge is 0.491 e. The van der Waals surface area contributed by atoms with Crippen LogP contribution in [0.1, 0.15) is 31.9 Å². The van der Waals surface area contributed by atoms with Gasteiger partial charge in [0.2, 0.25) is 0 Å². The predicted molar refractivity (Wildman–Crippen MR) is 75.2 cm³/mol. The summed E-state index contributed by atoms with van der Waals surface area (Å²) in [7, 11) is 0. The van der Waals surface area contributed by atoms with E-state index in [2.05, 4.69) is 48.8 Å². The SMILES string of the molecule is Cc1ccc(C(C)(C)C)c(OCC(O)CBr)c1. The molecule has 1 aromatic carbocycles. The number of aryl methyl sites for hydroxylation is 1. The number of aliphatic hydroxyl groups is 1. The summed E-state index contributed by atoms with van der Waals surface area (Å²) in [5.41, 5.74) is 2.38. The van der Waals surface area contributed by atoms with Crippen LogP contribution >= 0.6 is 15.9 Å². The number of rotatable bonds is 4. The first-order chi connectivity index (χ1) is 7.84. The number of aliphatic hydroxyl groups excluding tert-OH is 1. The molecule has 1 aromatic rings. The van der Waals surface area contributed by atoms with Gasteiger partial charge in [0.1, 0.15) is 12.4 Å². The second-order valence-electron chi connectivity index (χ2n) is 5.37. The van der Waals surface area contributed by atoms with Crippen molar-refractivity contribution in [3.8, 4) is 5.75 Å². The number of hydrogen-bond donors (Lipinski definition) is 1. The van der Waals surface area contributed by atoms with Crippen molar-refractivity contribution in [3.63, 3.8) is 0 Å². The fourth-order valence-electron chi connectivity index (χ4n) is 1.60. The zero-order valence-electron chi connectivity index (χ0n) is 11.0. The Kier molecular flexibility index (Phi) is 5.02. The monoisotopic (exact) mass is 300 g/mol. The zero-order chi connectivity index (χ0) is 13.1. The van der Waals surface area contributed by atoms with Crippen LogP contribution in [0.2, 0.25) is 0 Å². The highest BCUT2D eigenvalue weighted by Crippen LogP contribution is 2.32. The Morgan fingerprint density at radius 3 is 2.53 bits per heavy atom. The van der Waals surface area contributed by atoms with E-state index < -0.39 is 6.10 Å². The van der Waals surface area contributed by atoms with Crippen molar-refractivity contribution >= 4 is 15.9 Å². The Hall–Kier alpha value is -0.540. The Morgan fingerprint density at radius 2 is 2.00 bits per heavy atom. The van der Waals surface area contributed by atoms with Crippen molar-refractivity contribution in [2.75, 3.05) is 11.9 Å². The molecule has 2 nitrogen and oxygen atoms in total. The standard InChI is InChI=1S/C14H21BrO2/c1-10-5-6-12(14(2,3)4)13(7-10)17-9-11(16)8-15/h5-7,11,16H,8-9H2,1-4H3. The molecule has 17 heavy (non-hydrogen) atoms. The molecule has 3 heteroatoms. The summed E-state index contributed by atoms with van der Waals surface area (Å²) < 4.78 is 5.72. The third-order valence-electron chi connectivity index (χ3n) is 2.55. The molecular formula is C14H21BrO2. The maximum atomic E-state index is 9.51. The van der Waals surface area contributed by atoms with Crippen LogP contribution in [-0.2, 0) is 5.41 Å². The summed E-state index contributed by atoms with van der Waals surface area (Å²) in [4.78, 5) is 0. The van der Waals surface area contributed by atoms with Crippen molar-refractivity contribution in [2.45, 2.75) is 39.2 Å². The van der Waals surface area contributed by atoms with Gasteiger partial charge in [0.05, 0.1) is 6.10 Å². The van der Waals surface area contributed by atoms with Crippen LogP contribution in [0.5, 0.6) is 5.75 Å². The second kappa shape index (κ2) is 5.87. The van der Waals surface area contributed by atoms with Crippen molar-refractivity contribution in [1.82, 2.24) is 0 Å². The number of halogens is 1. The molecule has 0 aliphatic carbocycles. The molecule has 0 spiro atoms. The first-order valence-corrected chi connectivity index (χ1v) is 6.94. The van der Waals surface area contributed by atoms with E-state index >= 15 is 0 Å². The third-order valence-corrected chi connectivity index (χ3v) is 3.30. The average Bonchev–Trinajstić information content (AvgIpc) is 2.24. The van der Waals surface area contributed by atoms with Crippen LogP contribution in [0.3, 0.4) is 0 Å². The van der Waals surface area contributed by atoms with Crippen molar-refractivity contribution in [3.05, 3.63) is 29.3 Å². The summed E-state index contributed by atoms with van der Waals surface area (Å²) in [6.45, 7) is 8.83. The summed E-state index contributed by atoms with van der Waals surface area (Å²) in [5, 5.41) is 10.0. The highest BCUT2D eigenvalue weighted by molar-refractivity contribution is 9.09. The quantitative estimate of drug-likeness (QED) is 0.863. The van der Waals surface area contributed by atoms with Gasteiger partial charge in [0, 0.05) is 5.33 Å². The zero-order valence-corrected chi connectivity index (χ0v) is 12.5. The summed E-state index contributed by atoms with van der Waals surface area (Å²) >= 11 is 3.23. The van der Waals surface area contributed by atoms with Gasteiger partial charge in [-0.2, -0.15) is 0 Å². The van der Waals surface area contributed by atoms with Crippen LogP contribution in [0.4, 0.5) is 0 Å². The van der Waals surface area contributed by atoms with Crippen LogP contribution in [0.15, 0.2) is 18.2 Å². The van der Waals surface area contributed by atoms with E-state index in [1.54, 1.807) is 0 Å². The maximum Gasteiger partial charge on any atom is 0.123 e. The van der Waals surface area contributed by atoms with Crippen LogP contribution < -0.4 is 4.74 Å². The van der Waals surface area contributed by atoms with Gasteiger partial charge in [0.25, 0.3) is 0 Å². The highest BCUT2D eigenvalue weighted by Gasteiger charge is 2.19. The van der Waals surface area contributed by atoms with Crippen LogP contribution in [-0.4, -0.2) is 23.1 Å². The lowest BCUT2D eigenvalue weighted by molar-refractivity contribution is 0.126. The molecule has 96 valence electrons. The second-order valence-corrected chi connectivity index (χ2v) is 6.02.